The lowest BCUT2D eigenvalue weighted by Crippen LogP contribution is -2.39. The van der Waals surface area contributed by atoms with Crippen LogP contribution >= 0.6 is 11.6 Å². The van der Waals surface area contributed by atoms with Crippen molar-refractivity contribution >= 4 is 23.3 Å². The minimum Gasteiger partial charge on any atom is -0.488 e. The third-order valence-corrected chi connectivity index (χ3v) is 7.76. The van der Waals surface area contributed by atoms with Crippen molar-refractivity contribution in [2.24, 2.45) is 5.41 Å². The van der Waals surface area contributed by atoms with E-state index in [2.05, 4.69) is 28.7 Å². The summed E-state index contributed by atoms with van der Waals surface area (Å²) in [6.45, 7) is 15.2. The summed E-state index contributed by atoms with van der Waals surface area (Å²) >= 11 is 6.21. The van der Waals surface area contributed by atoms with E-state index >= 15 is 4.39 Å². The van der Waals surface area contributed by atoms with E-state index in [1.165, 1.54) is 12.3 Å². The van der Waals surface area contributed by atoms with Crippen molar-refractivity contribution in [1.29, 1.82) is 0 Å². The summed E-state index contributed by atoms with van der Waals surface area (Å²) in [5, 5.41) is 10.8. The largest absolute Gasteiger partial charge is 0.488 e. The van der Waals surface area contributed by atoms with Gasteiger partial charge in [0.2, 0.25) is 0 Å². The van der Waals surface area contributed by atoms with Crippen LogP contribution in [-0.4, -0.2) is 52.9 Å². The normalized spacial score (nSPS) is 15.7. The van der Waals surface area contributed by atoms with Gasteiger partial charge in [-0.15, -0.1) is 0 Å². The van der Waals surface area contributed by atoms with Gasteiger partial charge in [0.15, 0.2) is 11.9 Å². The SMILES string of the molecule is Cc1ccc(OCCOc2ncc(-c3cnc(C)c([C@H](OC(C)(C)C)C(=O)O)c3N3CCC(C)(C)CC3)cc2F)c(Cl)c1. The van der Waals surface area contributed by atoms with E-state index < -0.39 is 23.5 Å². The Morgan fingerprint density at radius 2 is 1.77 bits per heavy atom. The minimum absolute atomic E-state index is 0.0585. The molecule has 2 aromatic heterocycles. The van der Waals surface area contributed by atoms with Crippen molar-refractivity contribution < 1.29 is 28.5 Å². The van der Waals surface area contributed by atoms with Gasteiger partial charge >= 0.3 is 5.97 Å². The fourth-order valence-electron chi connectivity index (χ4n) is 5.09. The number of pyridine rings is 2. The van der Waals surface area contributed by atoms with Gasteiger partial charge in [-0.1, -0.05) is 31.5 Å². The van der Waals surface area contributed by atoms with E-state index in [1.54, 1.807) is 25.3 Å². The first-order valence-electron chi connectivity index (χ1n) is 14.5. The Kier molecular flexibility index (Phi) is 9.86. The van der Waals surface area contributed by atoms with Crippen molar-refractivity contribution in [3.05, 3.63) is 64.3 Å². The zero-order valence-corrected chi connectivity index (χ0v) is 26.7. The van der Waals surface area contributed by atoms with Gasteiger partial charge in [-0.2, -0.15) is 0 Å². The van der Waals surface area contributed by atoms with E-state index in [9.17, 15) is 9.90 Å². The molecule has 8 nitrogen and oxygen atoms in total. The molecule has 3 aromatic rings. The maximum absolute atomic E-state index is 15.4. The van der Waals surface area contributed by atoms with Crippen molar-refractivity contribution in [1.82, 2.24) is 9.97 Å². The number of nitrogens with zero attached hydrogens (tertiary/aromatic N) is 3. The predicted molar refractivity (Wildman–Crippen MR) is 166 cm³/mol. The predicted octanol–water partition coefficient (Wildman–Crippen LogP) is 7.58. The van der Waals surface area contributed by atoms with Crippen molar-refractivity contribution in [3.8, 4) is 22.8 Å². The number of halogens is 2. The van der Waals surface area contributed by atoms with E-state index in [4.69, 9.17) is 25.8 Å². The Bertz CT molecular complexity index is 1460. The van der Waals surface area contributed by atoms with Crippen LogP contribution in [0.5, 0.6) is 11.6 Å². The molecule has 0 spiro atoms. The number of aryl methyl sites for hydroxylation is 2. The van der Waals surface area contributed by atoms with Gasteiger partial charge in [-0.05, 0) is 76.6 Å². The van der Waals surface area contributed by atoms with Crippen LogP contribution in [0.15, 0.2) is 36.7 Å². The van der Waals surface area contributed by atoms with Crippen LogP contribution in [0.1, 0.15) is 70.4 Å². The molecule has 0 amide bonds. The third kappa shape index (κ3) is 8.15. The van der Waals surface area contributed by atoms with E-state index in [-0.39, 0.29) is 24.5 Å². The monoisotopic (exact) mass is 613 g/mol. The highest BCUT2D eigenvalue weighted by Crippen LogP contribution is 2.43. The maximum Gasteiger partial charge on any atom is 0.337 e. The van der Waals surface area contributed by atoms with Gasteiger partial charge in [0.1, 0.15) is 19.0 Å². The molecule has 0 saturated carbocycles. The maximum atomic E-state index is 15.4. The molecule has 4 rings (SSSR count). The molecule has 1 aromatic carbocycles. The average Bonchev–Trinajstić information content (AvgIpc) is 2.91. The van der Waals surface area contributed by atoms with Crippen LogP contribution in [0, 0.1) is 25.1 Å². The van der Waals surface area contributed by atoms with Crippen molar-refractivity contribution in [3.63, 3.8) is 0 Å². The number of aromatic nitrogens is 2. The number of carbonyl (C=O) groups is 1. The summed E-state index contributed by atoms with van der Waals surface area (Å²) in [5.74, 6) is -1.41. The van der Waals surface area contributed by atoms with Gasteiger partial charge in [-0.25, -0.2) is 14.2 Å². The number of ether oxygens (including phenoxy) is 3. The molecule has 1 fully saturated rings. The summed E-state index contributed by atoms with van der Waals surface area (Å²) in [6, 6.07) is 6.81. The first-order chi connectivity index (χ1) is 20.1. The Hall–Kier alpha value is -3.43. The summed E-state index contributed by atoms with van der Waals surface area (Å²) in [5.41, 5.74) is 3.18. The van der Waals surface area contributed by atoms with Crippen LogP contribution in [-0.2, 0) is 9.53 Å². The second-order valence-electron chi connectivity index (χ2n) is 12.8. The second-order valence-corrected chi connectivity index (χ2v) is 13.2. The van der Waals surface area contributed by atoms with Crippen LogP contribution < -0.4 is 14.4 Å². The Labute approximate surface area is 258 Å². The summed E-state index contributed by atoms with van der Waals surface area (Å²) in [7, 11) is 0. The summed E-state index contributed by atoms with van der Waals surface area (Å²) in [6.07, 6.45) is 3.74. The molecule has 0 bridgehead atoms. The van der Waals surface area contributed by atoms with Gasteiger partial charge in [0.05, 0.1) is 16.3 Å². The lowest BCUT2D eigenvalue weighted by molar-refractivity contribution is -0.160. The number of rotatable bonds is 10. The highest BCUT2D eigenvalue weighted by atomic mass is 35.5. The molecule has 232 valence electrons. The number of aliphatic carboxylic acids is 1. The number of piperidine rings is 1. The Morgan fingerprint density at radius 3 is 2.37 bits per heavy atom. The first-order valence-corrected chi connectivity index (χ1v) is 14.9. The topological polar surface area (TPSA) is 94.0 Å². The molecule has 10 heteroatoms. The van der Waals surface area contributed by atoms with Gasteiger partial charge in [-0.3, -0.25) is 4.98 Å². The summed E-state index contributed by atoms with van der Waals surface area (Å²) < 4.78 is 32.7. The highest BCUT2D eigenvalue weighted by molar-refractivity contribution is 6.32. The average molecular weight is 614 g/mol. The van der Waals surface area contributed by atoms with Crippen LogP contribution in [0.3, 0.4) is 0 Å². The van der Waals surface area contributed by atoms with E-state index in [0.29, 0.717) is 51.9 Å². The minimum atomic E-state index is -1.26. The number of anilines is 1. The van der Waals surface area contributed by atoms with Crippen LogP contribution in [0.4, 0.5) is 10.1 Å². The third-order valence-electron chi connectivity index (χ3n) is 7.46. The zero-order chi connectivity index (χ0) is 31.5. The molecule has 1 N–H and O–H groups in total. The zero-order valence-electron chi connectivity index (χ0n) is 26.0. The fraction of sp³-hybridized carbons (Fsp3) is 0.485. The van der Waals surface area contributed by atoms with Gasteiger partial charge in [0, 0.05) is 47.9 Å². The van der Waals surface area contributed by atoms with Crippen LogP contribution in [0.25, 0.3) is 11.1 Å². The molecule has 1 aliphatic rings. The standard InChI is InChI=1S/C33H41ClFN3O5/c1-20-8-9-26(24(34)16-20)41-14-15-42-30-25(35)17-22(18-37-30)23-19-36-21(2)27(29(31(39)40)43-32(3,4)5)28(23)38-12-10-33(6,7)11-13-38/h8-9,16-19,29H,10-15H2,1-7H3,(H,39,40)/t29-/m0/s1. The van der Waals surface area contributed by atoms with E-state index in [1.807, 2.05) is 33.8 Å². The number of carboxylic acids is 1. The Balaban J connectivity index is 1.65. The van der Waals surface area contributed by atoms with E-state index in [0.717, 1.165) is 18.4 Å². The van der Waals surface area contributed by atoms with Crippen molar-refractivity contribution in [2.45, 2.75) is 73.0 Å². The molecule has 0 aliphatic carbocycles. The summed E-state index contributed by atoms with van der Waals surface area (Å²) in [4.78, 5) is 23.6. The molecule has 1 atom stereocenters. The molecule has 3 heterocycles. The van der Waals surface area contributed by atoms with Crippen molar-refractivity contribution in [2.75, 3.05) is 31.2 Å². The van der Waals surface area contributed by atoms with Gasteiger partial charge in [0.25, 0.3) is 5.88 Å². The Morgan fingerprint density at radius 1 is 1.09 bits per heavy atom. The molecule has 0 radical (unpaired) electrons. The lowest BCUT2D eigenvalue weighted by atomic mass is 9.82. The molecule has 1 aliphatic heterocycles. The van der Waals surface area contributed by atoms with Crippen LogP contribution in [0.2, 0.25) is 5.02 Å². The second kappa shape index (κ2) is 13.1. The number of hydrogen-bond donors (Lipinski definition) is 1. The quantitative estimate of drug-likeness (QED) is 0.234. The number of hydrogen-bond acceptors (Lipinski definition) is 7. The smallest absolute Gasteiger partial charge is 0.337 e. The van der Waals surface area contributed by atoms with Gasteiger partial charge < -0.3 is 24.2 Å². The molecule has 43 heavy (non-hydrogen) atoms. The lowest BCUT2D eigenvalue weighted by Gasteiger charge is -2.40. The highest BCUT2D eigenvalue weighted by Gasteiger charge is 2.36. The fourth-order valence-corrected chi connectivity index (χ4v) is 5.38. The molecule has 1 saturated heterocycles. The number of carboxylic acid groups (broad SMARTS) is 1. The number of benzene rings is 1. The molecular weight excluding hydrogens is 573 g/mol. The molecule has 0 unspecified atom stereocenters. The molecular formula is C33H41ClFN3O5. The first kappa shape index (κ1) is 32.5.